The molecule has 1 aromatic carbocycles. The van der Waals surface area contributed by atoms with E-state index in [9.17, 15) is 9.59 Å². The maximum absolute atomic E-state index is 12.5. The Labute approximate surface area is 154 Å². The van der Waals surface area contributed by atoms with Crippen LogP contribution < -0.4 is 10.1 Å². The van der Waals surface area contributed by atoms with Gasteiger partial charge < -0.3 is 20.1 Å². The molecular weight excluding hydrogens is 332 g/mol. The number of carboxylic acids is 1. The molecule has 2 N–H and O–H groups in total. The highest BCUT2D eigenvalue weighted by atomic mass is 16.5. The third-order valence-electron chi connectivity index (χ3n) is 5.95. The van der Waals surface area contributed by atoms with Crippen molar-refractivity contribution in [3.05, 3.63) is 29.8 Å². The Balaban J connectivity index is 1.45. The van der Waals surface area contributed by atoms with E-state index in [1.54, 1.807) is 12.0 Å². The summed E-state index contributed by atoms with van der Waals surface area (Å²) in [5, 5.41) is 12.1. The van der Waals surface area contributed by atoms with Gasteiger partial charge in [0, 0.05) is 19.1 Å². The van der Waals surface area contributed by atoms with Gasteiger partial charge in [-0.2, -0.15) is 0 Å². The molecule has 0 aromatic heterocycles. The summed E-state index contributed by atoms with van der Waals surface area (Å²) in [5.41, 5.74) is 1.27. The first-order valence-electron chi connectivity index (χ1n) is 9.38. The standard InChI is InChI=1S/C20H28N2O4/c1-22(20(25)21-16-8-6-13(7-9-16)19(23)24)17-10-15(11-17)14-4-3-5-18(12-14)26-2/h3-5,12-13,15-17H,6-11H2,1-2H3,(H,21,25)(H,23,24). The summed E-state index contributed by atoms with van der Waals surface area (Å²) in [6.07, 6.45) is 4.70. The van der Waals surface area contributed by atoms with Crippen LogP contribution in [0.4, 0.5) is 4.79 Å². The van der Waals surface area contributed by atoms with Crippen molar-refractivity contribution in [3.8, 4) is 5.75 Å². The number of amides is 2. The number of benzene rings is 1. The first-order chi connectivity index (χ1) is 12.5. The number of carboxylic acid groups (broad SMARTS) is 1. The van der Waals surface area contributed by atoms with Gasteiger partial charge in [0.15, 0.2) is 0 Å². The number of hydrogen-bond donors (Lipinski definition) is 2. The highest BCUT2D eigenvalue weighted by molar-refractivity contribution is 5.75. The summed E-state index contributed by atoms with van der Waals surface area (Å²) in [7, 11) is 3.52. The first-order valence-corrected chi connectivity index (χ1v) is 9.38. The van der Waals surface area contributed by atoms with Gasteiger partial charge in [0.25, 0.3) is 0 Å². The van der Waals surface area contributed by atoms with Gasteiger partial charge in [-0.25, -0.2) is 4.79 Å². The van der Waals surface area contributed by atoms with Gasteiger partial charge in [-0.15, -0.1) is 0 Å². The van der Waals surface area contributed by atoms with Crippen LogP contribution in [0.25, 0.3) is 0 Å². The minimum absolute atomic E-state index is 0.0436. The molecule has 2 aliphatic carbocycles. The van der Waals surface area contributed by atoms with Gasteiger partial charge in [-0.1, -0.05) is 12.1 Å². The number of methoxy groups -OCH3 is 1. The maximum atomic E-state index is 12.5. The number of carbonyl (C=O) groups excluding carboxylic acids is 1. The summed E-state index contributed by atoms with van der Waals surface area (Å²) in [4.78, 5) is 25.3. The zero-order valence-electron chi connectivity index (χ0n) is 15.5. The zero-order valence-corrected chi connectivity index (χ0v) is 15.5. The van der Waals surface area contributed by atoms with Crippen LogP contribution in [0.15, 0.2) is 24.3 Å². The molecule has 0 radical (unpaired) electrons. The molecule has 0 aliphatic heterocycles. The second-order valence-electron chi connectivity index (χ2n) is 7.55. The second kappa shape index (κ2) is 7.98. The van der Waals surface area contributed by atoms with Crippen LogP contribution in [-0.4, -0.2) is 48.2 Å². The smallest absolute Gasteiger partial charge is 0.317 e. The maximum Gasteiger partial charge on any atom is 0.317 e. The second-order valence-corrected chi connectivity index (χ2v) is 7.55. The van der Waals surface area contributed by atoms with Crippen molar-refractivity contribution in [2.45, 2.75) is 56.5 Å². The number of urea groups is 1. The lowest BCUT2D eigenvalue weighted by molar-refractivity contribution is -0.142. The summed E-state index contributed by atoms with van der Waals surface area (Å²) in [6, 6.07) is 8.44. The van der Waals surface area contributed by atoms with Crippen LogP contribution in [0, 0.1) is 5.92 Å². The minimum atomic E-state index is -0.718. The fourth-order valence-electron chi connectivity index (χ4n) is 4.00. The lowest BCUT2D eigenvalue weighted by Gasteiger charge is -2.42. The number of ether oxygens (including phenoxy) is 1. The molecule has 2 aliphatic rings. The highest BCUT2D eigenvalue weighted by Crippen LogP contribution is 2.40. The van der Waals surface area contributed by atoms with E-state index >= 15 is 0 Å². The van der Waals surface area contributed by atoms with Crippen molar-refractivity contribution >= 4 is 12.0 Å². The molecule has 6 heteroatoms. The van der Waals surface area contributed by atoms with Gasteiger partial charge in [0.05, 0.1) is 13.0 Å². The molecule has 6 nitrogen and oxygen atoms in total. The normalized spacial score (nSPS) is 27.9. The van der Waals surface area contributed by atoms with E-state index < -0.39 is 5.97 Å². The monoisotopic (exact) mass is 360 g/mol. The van der Waals surface area contributed by atoms with Crippen LogP contribution in [0.2, 0.25) is 0 Å². The van der Waals surface area contributed by atoms with E-state index in [2.05, 4.69) is 17.4 Å². The molecule has 2 amide bonds. The van der Waals surface area contributed by atoms with Crippen LogP contribution >= 0.6 is 0 Å². The molecule has 26 heavy (non-hydrogen) atoms. The summed E-state index contributed by atoms with van der Waals surface area (Å²) >= 11 is 0. The number of carbonyl (C=O) groups is 2. The van der Waals surface area contributed by atoms with E-state index in [0.717, 1.165) is 31.4 Å². The third-order valence-corrected chi connectivity index (χ3v) is 5.95. The zero-order chi connectivity index (χ0) is 18.7. The molecule has 2 fully saturated rings. The van der Waals surface area contributed by atoms with Gasteiger partial charge in [0.1, 0.15) is 5.75 Å². The summed E-state index contributed by atoms with van der Waals surface area (Å²) in [6.45, 7) is 0. The van der Waals surface area contributed by atoms with E-state index in [-0.39, 0.29) is 24.0 Å². The predicted molar refractivity (Wildman–Crippen MR) is 98.4 cm³/mol. The third kappa shape index (κ3) is 4.11. The van der Waals surface area contributed by atoms with Crippen molar-refractivity contribution in [1.29, 1.82) is 0 Å². The van der Waals surface area contributed by atoms with Crippen molar-refractivity contribution < 1.29 is 19.4 Å². The largest absolute Gasteiger partial charge is 0.497 e. The SMILES string of the molecule is COc1cccc(C2CC(N(C)C(=O)NC3CCC(C(=O)O)CC3)C2)c1. The van der Waals surface area contributed by atoms with Gasteiger partial charge in [-0.05, 0) is 62.1 Å². The lowest BCUT2D eigenvalue weighted by Crippen LogP contribution is -2.51. The molecule has 0 spiro atoms. The number of hydrogen-bond acceptors (Lipinski definition) is 3. The fourth-order valence-corrected chi connectivity index (χ4v) is 4.00. The Morgan fingerprint density at radius 3 is 2.50 bits per heavy atom. The van der Waals surface area contributed by atoms with E-state index in [1.165, 1.54) is 5.56 Å². The highest BCUT2D eigenvalue weighted by Gasteiger charge is 2.36. The summed E-state index contributed by atoms with van der Waals surface area (Å²) in [5.74, 6) is 0.367. The van der Waals surface area contributed by atoms with Gasteiger partial charge >= 0.3 is 12.0 Å². The van der Waals surface area contributed by atoms with Crippen LogP contribution in [0.5, 0.6) is 5.75 Å². The predicted octanol–water partition coefficient (Wildman–Crippen LogP) is 3.23. The number of nitrogens with one attached hydrogen (secondary N) is 1. The molecule has 2 saturated carbocycles. The average Bonchev–Trinajstić information content (AvgIpc) is 2.61. The molecule has 3 rings (SSSR count). The number of nitrogens with zero attached hydrogens (tertiary/aromatic N) is 1. The van der Waals surface area contributed by atoms with Gasteiger partial charge in [0.2, 0.25) is 0 Å². The van der Waals surface area contributed by atoms with Crippen molar-refractivity contribution in [1.82, 2.24) is 10.2 Å². The first kappa shape index (κ1) is 18.5. The Kier molecular flexibility index (Phi) is 5.69. The van der Waals surface area contributed by atoms with E-state index in [1.807, 2.05) is 19.2 Å². The average molecular weight is 360 g/mol. The molecule has 0 heterocycles. The van der Waals surface area contributed by atoms with Crippen LogP contribution in [0.3, 0.4) is 0 Å². The van der Waals surface area contributed by atoms with E-state index in [4.69, 9.17) is 9.84 Å². The van der Waals surface area contributed by atoms with Crippen LogP contribution in [0.1, 0.15) is 50.0 Å². The fraction of sp³-hybridized carbons (Fsp3) is 0.600. The van der Waals surface area contributed by atoms with Crippen LogP contribution in [-0.2, 0) is 4.79 Å². The number of rotatable bonds is 5. The molecular formula is C20H28N2O4. The summed E-state index contributed by atoms with van der Waals surface area (Å²) < 4.78 is 5.28. The van der Waals surface area contributed by atoms with Crippen molar-refractivity contribution in [3.63, 3.8) is 0 Å². The molecule has 142 valence electrons. The Morgan fingerprint density at radius 2 is 1.88 bits per heavy atom. The molecule has 0 saturated heterocycles. The molecule has 1 aromatic rings. The van der Waals surface area contributed by atoms with E-state index in [0.29, 0.717) is 18.8 Å². The quantitative estimate of drug-likeness (QED) is 0.845. The van der Waals surface area contributed by atoms with Gasteiger partial charge in [-0.3, -0.25) is 4.79 Å². The molecule has 0 unspecified atom stereocenters. The Hall–Kier alpha value is -2.24. The lowest BCUT2D eigenvalue weighted by atomic mass is 9.75. The van der Waals surface area contributed by atoms with Crippen molar-refractivity contribution in [2.75, 3.05) is 14.2 Å². The number of aliphatic carboxylic acids is 1. The van der Waals surface area contributed by atoms with Crippen molar-refractivity contribution in [2.24, 2.45) is 5.92 Å². The minimum Gasteiger partial charge on any atom is -0.497 e. The Morgan fingerprint density at radius 1 is 1.19 bits per heavy atom. The topological polar surface area (TPSA) is 78.9 Å². The molecule has 0 bridgehead atoms. The Bertz CT molecular complexity index is 649. The molecule has 0 atom stereocenters.